The second kappa shape index (κ2) is 6.63. The predicted molar refractivity (Wildman–Crippen MR) is 98.2 cm³/mol. The molecule has 3 nitrogen and oxygen atoms in total. The minimum atomic E-state index is -0.189. The Labute approximate surface area is 147 Å². The number of hydrogen-bond acceptors (Lipinski definition) is 3. The van der Waals surface area contributed by atoms with Gasteiger partial charge in [0.25, 0.3) is 0 Å². The van der Waals surface area contributed by atoms with Crippen LogP contribution < -0.4 is 5.32 Å². The van der Waals surface area contributed by atoms with E-state index in [1.54, 1.807) is 6.07 Å². The number of hydrogen-bond donors (Lipinski definition) is 1. The summed E-state index contributed by atoms with van der Waals surface area (Å²) in [6, 6.07) is 15.3. The van der Waals surface area contributed by atoms with E-state index in [-0.39, 0.29) is 5.82 Å². The van der Waals surface area contributed by atoms with Crippen molar-refractivity contribution >= 4 is 5.82 Å². The molecule has 1 N–H and O–H groups in total. The summed E-state index contributed by atoms with van der Waals surface area (Å²) >= 11 is 0. The minimum absolute atomic E-state index is 0.189. The Morgan fingerprint density at radius 1 is 1.00 bits per heavy atom. The third-order valence-electron chi connectivity index (χ3n) is 4.72. The Bertz CT molecular complexity index is 907. The number of anilines is 1. The van der Waals surface area contributed by atoms with E-state index in [1.807, 2.05) is 19.2 Å². The van der Waals surface area contributed by atoms with Gasteiger partial charge in [0.1, 0.15) is 11.6 Å². The largest absolute Gasteiger partial charge is 0.372 e. The van der Waals surface area contributed by atoms with Gasteiger partial charge in [-0.2, -0.15) is 0 Å². The van der Waals surface area contributed by atoms with Crippen molar-refractivity contribution in [2.24, 2.45) is 0 Å². The molecule has 0 aliphatic heterocycles. The lowest BCUT2D eigenvalue weighted by molar-refractivity contribution is 0.624. The summed E-state index contributed by atoms with van der Waals surface area (Å²) < 4.78 is 13.5. The van der Waals surface area contributed by atoms with Gasteiger partial charge in [-0.1, -0.05) is 30.3 Å². The predicted octanol–water partition coefficient (Wildman–Crippen LogP) is 4.21. The summed E-state index contributed by atoms with van der Waals surface area (Å²) in [5, 5.41) is 3.18. The lowest BCUT2D eigenvalue weighted by Crippen LogP contribution is -2.13. The molecule has 0 saturated carbocycles. The maximum atomic E-state index is 13.5. The van der Waals surface area contributed by atoms with Gasteiger partial charge in [-0.05, 0) is 55.0 Å². The zero-order valence-corrected chi connectivity index (χ0v) is 14.2. The molecule has 1 aromatic heterocycles. The highest BCUT2D eigenvalue weighted by molar-refractivity contribution is 5.69. The number of fused-ring (bicyclic) bond motifs is 3. The number of aryl methyl sites for hydroxylation is 4. The Hall–Kier alpha value is -2.75. The molecule has 0 spiro atoms. The summed E-state index contributed by atoms with van der Waals surface area (Å²) in [6.45, 7) is 0. The number of nitrogens with one attached hydrogen (secondary N) is 1. The molecular weight excluding hydrogens is 313 g/mol. The van der Waals surface area contributed by atoms with Gasteiger partial charge in [0, 0.05) is 12.6 Å². The summed E-state index contributed by atoms with van der Waals surface area (Å²) in [7, 11) is 1.88. The second-order valence-corrected chi connectivity index (χ2v) is 6.35. The third-order valence-corrected chi connectivity index (χ3v) is 4.72. The van der Waals surface area contributed by atoms with Gasteiger partial charge in [0.05, 0.1) is 17.1 Å². The van der Waals surface area contributed by atoms with Crippen molar-refractivity contribution in [1.82, 2.24) is 9.97 Å². The highest BCUT2D eigenvalue weighted by atomic mass is 19.1. The lowest BCUT2D eigenvalue weighted by Gasteiger charge is -2.20. The molecule has 2 aromatic carbocycles. The number of benzene rings is 2. The van der Waals surface area contributed by atoms with Crippen molar-refractivity contribution in [2.45, 2.75) is 25.7 Å². The van der Waals surface area contributed by atoms with Crippen molar-refractivity contribution in [2.75, 3.05) is 12.4 Å². The molecule has 3 aromatic rings. The van der Waals surface area contributed by atoms with E-state index in [1.165, 1.54) is 11.6 Å². The molecule has 0 amide bonds. The number of halogens is 1. The van der Waals surface area contributed by atoms with E-state index >= 15 is 0 Å². The molecule has 1 aliphatic carbocycles. The van der Waals surface area contributed by atoms with Crippen LogP contribution in [0.25, 0.3) is 11.3 Å². The highest BCUT2D eigenvalue weighted by Gasteiger charge is 2.21. The number of nitrogens with zero attached hydrogens (tertiary/aromatic N) is 2. The zero-order valence-electron chi connectivity index (χ0n) is 14.2. The van der Waals surface area contributed by atoms with E-state index in [2.05, 4.69) is 29.6 Å². The first-order valence-electron chi connectivity index (χ1n) is 8.65. The second-order valence-electron chi connectivity index (χ2n) is 6.35. The van der Waals surface area contributed by atoms with Crippen LogP contribution >= 0.6 is 0 Å². The molecule has 0 bridgehead atoms. The maximum absolute atomic E-state index is 13.5. The number of aromatic nitrogens is 2. The first-order valence-corrected chi connectivity index (χ1v) is 8.65. The van der Waals surface area contributed by atoms with Gasteiger partial charge in [-0.3, -0.25) is 0 Å². The van der Waals surface area contributed by atoms with Crippen LogP contribution in [0.15, 0.2) is 48.5 Å². The maximum Gasteiger partial charge on any atom is 0.147 e. The first-order chi connectivity index (χ1) is 12.2. The fourth-order valence-electron chi connectivity index (χ4n) is 3.43. The summed E-state index contributed by atoms with van der Waals surface area (Å²) in [5.74, 6) is 0.659. The van der Waals surface area contributed by atoms with Gasteiger partial charge < -0.3 is 5.32 Å². The van der Waals surface area contributed by atoms with E-state index in [4.69, 9.17) is 9.97 Å². The standard InChI is InChI=1S/C21H20FN3/c1-23-21-19(11-7-14-5-3-2-4-6-14)24-20-17-10-9-16(22)13-15(17)8-12-18(20)25-21/h2-6,9-10,13H,7-8,11-12H2,1H3,(H,23,25). The molecule has 0 saturated heterocycles. The molecule has 25 heavy (non-hydrogen) atoms. The highest BCUT2D eigenvalue weighted by Crippen LogP contribution is 2.33. The molecule has 1 heterocycles. The van der Waals surface area contributed by atoms with Crippen molar-refractivity contribution < 1.29 is 4.39 Å². The van der Waals surface area contributed by atoms with Crippen LogP contribution in [-0.2, 0) is 25.7 Å². The van der Waals surface area contributed by atoms with Crippen LogP contribution in [0.1, 0.15) is 22.5 Å². The molecule has 4 heteroatoms. The van der Waals surface area contributed by atoms with Gasteiger partial charge in [-0.15, -0.1) is 0 Å². The van der Waals surface area contributed by atoms with Crippen molar-refractivity contribution in [1.29, 1.82) is 0 Å². The van der Waals surface area contributed by atoms with Crippen LogP contribution in [0.2, 0.25) is 0 Å². The fourth-order valence-corrected chi connectivity index (χ4v) is 3.43. The molecule has 1 aliphatic rings. The summed E-state index contributed by atoms with van der Waals surface area (Å²) in [6.07, 6.45) is 3.34. The Morgan fingerprint density at radius 2 is 1.84 bits per heavy atom. The van der Waals surface area contributed by atoms with E-state index < -0.39 is 0 Å². The Balaban J connectivity index is 1.71. The molecule has 0 radical (unpaired) electrons. The van der Waals surface area contributed by atoms with Gasteiger partial charge in [-0.25, -0.2) is 14.4 Å². The smallest absolute Gasteiger partial charge is 0.147 e. The molecule has 0 unspecified atom stereocenters. The van der Waals surface area contributed by atoms with Gasteiger partial charge in [0.15, 0.2) is 0 Å². The number of rotatable bonds is 4. The van der Waals surface area contributed by atoms with Crippen molar-refractivity contribution in [3.8, 4) is 11.3 Å². The van der Waals surface area contributed by atoms with Crippen LogP contribution in [0.4, 0.5) is 10.2 Å². The molecule has 0 fully saturated rings. The van der Waals surface area contributed by atoms with Crippen LogP contribution in [0.3, 0.4) is 0 Å². The summed E-state index contributed by atoms with van der Waals surface area (Å²) in [4.78, 5) is 9.72. The van der Waals surface area contributed by atoms with Gasteiger partial charge >= 0.3 is 0 Å². The fraction of sp³-hybridized carbons (Fsp3) is 0.238. The quantitative estimate of drug-likeness (QED) is 0.777. The van der Waals surface area contributed by atoms with Crippen molar-refractivity contribution in [3.63, 3.8) is 0 Å². The van der Waals surface area contributed by atoms with Crippen LogP contribution in [0.5, 0.6) is 0 Å². The normalized spacial score (nSPS) is 12.4. The Kier molecular flexibility index (Phi) is 4.18. The third kappa shape index (κ3) is 3.12. The van der Waals surface area contributed by atoms with Gasteiger partial charge in [0.2, 0.25) is 0 Å². The average molecular weight is 333 g/mol. The topological polar surface area (TPSA) is 37.8 Å². The first kappa shape index (κ1) is 15.8. The molecular formula is C21H20FN3. The molecule has 0 atom stereocenters. The van der Waals surface area contributed by atoms with E-state index in [9.17, 15) is 4.39 Å². The summed E-state index contributed by atoms with van der Waals surface area (Å²) in [5.41, 5.74) is 6.18. The molecule has 126 valence electrons. The minimum Gasteiger partial charge on any atom is -0.372 e. The van der Waals surface area contributed by atoms with Crippen molar-refractivity contribution in [3.05, 3.63) is 76.9 Å². The zero-order chi connectivity index (χ0) is 17.2. The van der Waals surface area contributed by atoms with E-state index in [0.29, 0.717) is 0 Å². The van der Waals surface area contributed by atoms with Crippen LogP contribution in [-0.4, -0.2) is 17.0 Å². The molecule has 4 rings (SSSR count). The average Bonchev–Trinajstić information content (AvgIpc) is 2.66. The van der Waals surface area contributed by atoms with Crippen LogP contribution in [0, 0.1) is 5.82 Å². The Morgan fingerprint density at radius 3 is 2.64 bits per heavy atom. The lowest BCUT2D eigenvalue weighted by atomic mass is 9.91. The SMILES string of the molecule is CNc1nc2c(nc1CCc1ccccc1)-c1ccc(F)cc1CC2. The monoisotopic (exact) mass is 333 g/mol. The van der Waals surface area contributed by atoms with E-state index in [0.717, 1.165) is 59.7 Å².